The molecule has 1 aromatic heterocycles. The van der Waals surface area contributed by atoms with E-state index in [0.717, 1.165) is 31.7 Å². The van der Waals surface area contributed by atoms with Gasteiger partial charge < -0.3 is 10.2 Å². The van der Waals surface area contributed by atoms with Crippen molar-refractivity contribution < 1.29 is 4.79 Å². The van der Waals surface area contributed by atoms with E-state index in [4.69, 9.17) is 0 Å². The molecule has 0 radical (unpaired) electrons. The largest absolute Gasteiger partial charge is 0.373 e. The van der Waals surface area contributed by atoms with E-state index in [0.29, 0.717) is 11.5 Å². The first-order valence-corrected chi connectivity index (χ1v) is 8.17. The first-order valence-electron chi connectivity index (χ1n) is 8.17. The summed E-state index contributed by atoms with van der Waals surface area (Å²) in [5, 5.41) is 2.98. The predicted molar refractivity (Wildman–Crippen MR) is 92.8 cm³/mol. The number of nitrogens with zero attached hydrogens (tertiary/aromatic N) is 2. The number of likely N-dealkylation sites (tertiary alicyclic amines) is 1. The minimum absolute atomic E-state index is 0.0979. The van der Waals surface area contributed by atoms with E-state index in [1.807, 2.05) is 18.0 Å². The highest BCUT2D eigenvalue weighted by atomic mass is 16.2. The third kappa shape index (κ3) is 3.52. The fourth-order valence-corrected chi connectivity index (χ4v) is 3.16. The summed E-state index contributed by atoms with van der Waals surface area (Å²) < 4.78 is 0. The van der Waals surface area contributed by atoms with Crippen LogP contribution >= 0.6 is 0 Å². The molecule has 0 spiro atoms. The minimum Gasteiger partial charge on any atom is -0.373 e. The van der Waals surface area contributed by atoms with Gasteiger partial charge >= 0.3 is 0 Å². The van der Waals surface area contributed by atoms with Crippen molar-refractivity contribution in [3.63, 3.8) is 0 Å². The van der Waals surface area contributed by atoms with Gasteiger partial charge in [-0.3, -0.25) is 4.79 Å². The number of nitrogens with one attached hydrogen (secondary N) is 1. The molecule has 2 aromatic rings. The van der Waals surface area contributed by atoms with Crippen LogP contribution in [-0.4, -0.2) is 35.9 Å². The summed E-state index contributed by atoms with van der Waals surface area (Å²) in [6.07, 6.45) is 3.87. The summed E-state index contributed by atoms with van der Waals surface area (Å²) in [7, 11) is 1.81. The molecule has 1 fully saturated rings. The molecule has 3 rings (SSSR count). The average Bonchev–Trinajstić information content (AvgIpc) is 2.62. The van der Waals surface area contributed by atoms with E-state index in [9.17, 15) is 4.79 Å². The third-order valence-electron chi connectivity index (χ3n) is 4.52. The molecule has 4 heteroatoms. The number of rotatable bonds is 3. The second-order valence-electron chi connectivity index (χ2n) is 6.18. The van der Waals surface area contributed by atoms with E-state index < -0.39 is 0 Å². The molecular weight excluding hydrogens is 286 g/mol. The highest BCUT2D eigenvalue weighted by Gasteiger charge is 2.25. The topological polar surface area (TPSA) is 45.2 Å². The summed E-state index contributed by atoms with van der Waals surface area (Å²) in [6.45, 7) is 3.72. The van der Waals surface area contributed by atoms with Crippen molar-refractivity contribution in [2.24, 2.45) is 0 Å². The monoisotopic (exact) mass is 309 g/mol. The zero-order valence-electron chi connectivity index (χ0n) is 13.7. The Balaban J connectivity index is 1.75. The van der Waals surface area contributed by atoms with Crippen molar-refractivity contribution in [2.45, 2.75) is 25.7 Å². The van der Waals surface area contributed by atoms with Crippen molar-refractivity contribution in [1.82, 2.24) is 9.88 Å². The molecule has 23 heavy (non-hydrogen) atoms. The van der Waals surface area contributed by atoms with Gasteiger partial charge in [0.1, 0.15) is 5.82 Å². The van der Waals surface area contributed by atoms with E-state index in [1.165, 1.54) is 11.1 Å². The molecule has 0 bridgehead atoms. The number of hydrogen-bond donors (Lipinski definition) is 1. The molecule has 0 saturated carbocycles. The van der Waals surface area contributed by atoms with Crippen LogP contribution in [0.1, 0.15) is 40.2 Å². The number of aryl methyl sites for hydroxylation is 1. The number of benzene rings is 1. The van der Waals surface area contributed by atoms with Gasteiger partial charge in [-0.25, -0.2) is 4.98 Å². The number of pyridine rings is 1. The van der Waals surface area contributed by atoms with E-state index in [1.54, 1.807) is 12.3 Å². The lowest BCUT2D eigenvalue weighted by Gasteiger charge is -2.33. The van der Waals surface area contributed by atoms with Crippen LogP contribution in [0, 0.1) is 6.92 Å². The van der Waals surface area contributed by atoms with Crippen molar-refractivity contribution in [3.8, 4) is 0 Å². The summed E-state index contributed by atoms with van der Waals surface area (Å²) in [5.41, 5.74) is 3.31. The zero-order chi connectivity index (χ0) is 16.2. The average molecular weight is 309 g/mol. The number of carbonyl (C=O) groups excluding carboxylic acids is 1. The Bertz CT molecular complexity index is 681. The lowest BCUT2D eigenvalue weighted by Crippen LogP contribution is -2.39. The summed E-state index contributed by atoms with van der Waals surface area (Å²) >= 11 is 0. The van der Waals surface area contributed by atoms with Crippen molar-refractivity contribution in [3.05, 3.63) is 59.3 Å². The van der Waals surface area contributed by atoms with Gasteiger partial charge in [-0.1, -0.05) is 29.8 Å². The summed E-state index contributed by atoms with van der Waals surface area (Å²) in [4.78, 5) is 18.9. The first kappa shape index (κ1) is 15.5. The van der Waals surface area contributed by atoms with Gasteiger partial charge in [0.05, 0.1) is 0 Å². The van der Waals surface area contributed by atoms with Gasteiger partial charge in [0.25, 0.3) is 5.91 Å². The van der Waals surface area contributed by atoms with E-state index in [-0.39, 0.29) is 5.91 Å². The molecule has 0 aliphatic carbocycles. The molecule has 2 heterocycles. The molecule has 120 valence electrons. The molecule has 4 nitrogen and oxygen atoms in total. The lowest BCUT2D eigenvalue weighted by atomic mass is 9.90. The second kappa shape index (κ2) is 6.82. The molecule has 1 amide bonds. The molecule has 1 unspecified atom stereocenters. The lowest BCUT2D eigenvalue weighted by molar-refractivity contribution is 0.0707. The normalized spacial score (nSPS) is 17.8. The maximum Gasteiger partial charge on any atom is 0.254 e. The fourth-order valence-electron chi connectivity index (χ4n) is 3.16. The Morgan fingerprint density at radius 3 is 2.78 bits per heavy atom. The van der Waals surface area contributed by atoms with Crippen LogP contribution in [0.3, 0.4) is 0 Å². The SMILES string of the molecule is CNc1cc(C(=O)N2CCCC(c3ccc(C)cc3)C2)ccn1. The molecule has 1 aliphatic heterocycles. The fraction of sp³-hybridized carbons (Fsp3) is 0.368. The molecule has 1 saturated heterocycles. The number of aromatic nitrogens is 1. The third-order valence-corrected chi connectivity index (χ3v) is 4.52. The van der Waals surface area contributed by atoms with Gasteiger partial charge in [-0.2, -0.15) is 0 Å². The van der Waals surface area contributed by atoms with Crippen molar-refractivity contribution in [2.75, 3.05) is 25.5 Å². The Hall–Kier alpha value is -2.36. The molecule has 1 aliphatic rings. The van der Waals surface area contributed by atoms with Crippen LogP contribution in [0.2, 0.25) is 0 Å². The second-order valence-corrected chi connectivity index (χ2v) is 6.18. The van der Waals surface area contributed by atoms with Gasteiger partial charge in [-0.05, 0) is 37.5 Å². The maximum atomic E-state index is 12.8. The smallest absolute Gasteiger partial charge is 0.254 e. The maximum absolute atomic E-state index is 12.8. The number of hydrogen-bond acceptors (Lipinski definition) is 3. The highest BCUT2D eigenvalue weighted by molar-refractivity contribution is 5.95. The predicted octanol–water partition coefficient (Wildman–Crippen LogP) is 3.45. The number of piperidine rings is 1. The minimum atomic E-state index is 0.0979. The number of carbonyl (C=O) groups is 1. The van der Waals surface area contributed by atoms with Crippen molar-refractivity contribution in [1.29, 1.82) is 0 Å². The molecular formula is C19H23N3O. The van der Waals surface area contributed by atoms with Crippen LogP contribution in [0.15, 0.2) is 42.6 Å². The van der Waals surface area contributed by atoms with Gasteiger partial charge in [-0.15, -0.1) is 0 Å². The van der Waals surface area contributed by atoms with Crippen molar-refractivity contribution >= 4 is 11.7 Å². The Kier molecular flexibility index (Phi) is 4.60. The molecule has 1 N–H and O–H groups in total. The van der Waals surface area contributed by atoms with E-state index >= 15 is 0 Å². The number of anilines is 1. The van der Waals surface area contributed by atoms with E-state index in [2.05, 4.69) is 41.5 Å². The zero-order valence-corrected chi connectivity index (χ0v) is 13.7. The molecule has 1 atom stereocenters. The Morgan fingerprint density at radius 2 is 2.04 bits per heavy atom. The van der Waals surface area contributed by atoms with Crippen LogP contribution in [0.25, 0.3) is 0 Å². The highest BCUT2D eigenvalue weighted by Crippen LogP contribution is 2.28. The van der Waals surface area contributed by atoms with Gasteiger partial charge in [0.2, 0.25) is 0 Å². The summed E-state index contributed by atoms with van der Waals surface area (Å²) in [6, 6.07) is 12.3. The number of amides is 1. The first-order chi connectivity index (χ1) is 11.2. The standard InChI is InChI=1S/C19H23N3O/c1-14-5-7-15(8-6-14)17-4-3-11-22(13-17)19(23)16-9-10-21-18(12-16)20-2/h5-10,12,17H,3-4,11,13H2,1-2H3,(H,20,21). The van der Waals surface area contributed by atoms with Crippen LogP contribution < -0.4 is 5.32 Å². The Labute approximate surface area is 137 Å². The molecule has 1 aromatic carbocycles. The van der Waals surface area contributed by atoms with Crippen LogP contribution in [-0.2, 0) is 0 Å². The Morgan fingerprint density at radius 1 is 1.26 bits per heavy atom. The summed E-state index contributed by atoms with van der Waals surface area (Å²) in [5.74, 6) is 1.25. The van der Waals surface area contributed by atoms with Crippen LogP contribution in [0.5, 0.6) is 0 Å². The van der Waals surface area contributed by atoms with Gasteiger partial charge in [0.15, 0.2) is 0 Å². The van der Waals surface area contributed by atoms with Gasteiger partial charge in [0, 0.05) is 37.8 Å². The quantitative estimate of drug-likeness (QED) is 0.944. The van der Waals surface area contributed by atoms with Crippen LogP contribution in [0.4, 0.5) is 5.82 Å².